The van der Waals surface area contributed by atoms with Gasteiger partial charge < -0.3 is 15.4 Å². The molecule has 4 rings (SSSR count). The van der Waals surface area contributed by atoms with Crippen LogP contribution in [0.3, 0.4) is 0 Å². The lowest BCUT2D eigenvalue weighted by molar-refractivity contribution is -0.148. The molecule has 2 N–H and O–H groups in total. The number of amides is 2. The molecule has 170 valence electrons. The van der Waals surface area contributed by atoms with Gasteiger partial charge >= 0.3 is 12.3 Å². The van der Waals surface area contributed by atoms with Crippen LogP contribution >= 0.6 is 0 Å². The largest absolute Gasteiger partial charge is 0.449 e. The van der Waals surface area contributed by atoms with E-state index < -0.39 is 12.7 Å². The average molecular weight is 439 g/mol. The standard InChI is InChI=1S/C22H28F3N3O3/c23-22(24,25)13-28-8-6-17(7-9-28)26-20(29)16-3-1-2-15(10-16)18-11-19(18)27-21(30)31-12-14-4-5-14/h1-3,10,14,17-19H,4-9,11-13H2,(H,26,29)(H,27,30)/t18-,19+/m0/s1. The summed E-state index contributed by atoms with van der Waals surface area (Å²) >= 11 is 0. The highest BCUT2D eigenvalue weighted by atomic mass is 19.4. The molecule has 1 aromatic rings. The maximum Gasteiger partial charge on any atom is 0.407 e. The van der Waals surface area contributed by atoms with Crippen molar-refractivity contribution in [1.29, 1.82) is 0 Å². The molecule has 1 aromatic carbocycles. The minimum Gasteiger partial charge on any atom is -0.449 e. The van der Waals surface area contributed by atoms with E-state index >= 15 is 0 Å². The van der Waals surface area contributed by atoms with Crippen LogP contribution < -0.4 is 10.6 Å². The Morgan fingerprint density at radius 3 is 2.52 bits per heavy atom. The van der Waals surface area contributed by atoms with E-state index in [-0.39, 0.29) is 30.0 Å². The Bertz CT molecular complexity index is 805. The molecule has 0 spiro atoms. The van der Waals surface area contributed by atoms with Gasteiger partial charge in [-0.15, -0.1) is 0 Å². The van der Waals surface area contributed by atoms with Gasteiger partial charge in [0.25, 0.3) is 5.91 Å². The fourth-order valence-electron chi connectivity index (χ4n) is 4.06. The zero-order chi connectivity index (χ0) is 22.0. The number of likely N-dealkylation sites (tertiary alicyclic amines) is 1. The average Bonchev–Trinajstić information content (AvgIpc) is 3.63. The maximum atomic E-state index is 12.6. The lowest BCUT2D eigenvalue weighted by Crippen LogP contribution is -2.47. The summed E-state index contributed by atoms with van der Waals surface area (Å²) in [6.45, 7) is 0.210. The molecule has 0 unspecified atom stereocenters. The minimum absolute atomic E-state index is 0.0166. The van der Waals surface area contributed by atoms with Crippen LogP contribution in [-0.2, 0) is 4.74 Å². The summed E-state index contributed by atoms with van der Waals surface area (Å²) < 4.78 is 42.7. The summed E-state index contributed by atoms with van der Waals surface area (Å²) in [5.41, 5.74) is 1.51. The number of piperidine rings is 1. The van der Waals surface area contributed by atoms with E-state index in [1.807, 2.05) is 18.2 Å². The molecule has 6 nitrogen and oxygen atoms in total. The molecule has 3 aliphatic rings. The molecule has 2 amide bonds. The number of nitrogens with zero attached hydrogens (tertiary/aromatic N) is 1. The predicted octanol–water partition coefficient (Wildman–Crippen LogP) is 3.44. The van der Waals surface area contributed by atoms with Crippen LogP contribution in [0.5, 0.6) is 0 Å². The molecule has 2 aliphatic carbocycles. The fourth-order valence-corrected chi connectivity index (χ4v) is 4.06. The van der Waals surface area contributed by atoms with E-state index in [2.05, 4.69) is 10.6 Å². The highest BCUT2D eigenvalue weighted by Crippen LogP contribution is 2.41. The van der Waals surface area contributed by atoms with Crippen molar-refractivity contribution in [2.75, 3.05) is 26.2 Å². The number of halogens is 3. The first-order valence-corrected chi connectivity index (χ1v) is 10.9. The second-order valence-electron chi connectivity index (χ2n) is 8.90. The molecule has 2 atom stereocenters. The molecule has 1 heterocycles. The molecule has 2 saturated carbocycles. The third-order valence-electron chi connectivity index (χ3n) is 6.14. The van der Waals surface area contributed by atoms with E-state index in [9.17, 15) is 22.8 Å². The number of hydrogen-bond acceptors (Lipinski definition) is 4. The molecule has 9 heteroatoms. The van der Waals surface area contributed by atoms with Gasteiger partial charge in [0.2, 0.25) is 0 Å². The zero-order valence-electron chi connectivity index (χ0n) is 17.3. The van der Waals surface area contributed by atoms with Crippen LogP contribution in [-0.4, -0.2) is 61.4 Å². The first-order valence-electron chi connectivity index (χ1n) is 10.9. The van der Waals surface area contributed by atoms with Crippen molar-refractivity contribution >= 4 is 12.0 Å². The van der Waals surface area contributed by atoms with Crippen molar-refractivity contribution in [1.82, 2.24) is 15.5 Å². The smallest absolute Gasteiger partial charge is 0.407 e. The molecular weight excluding hydrogens is 411 g/mol. The van der Waals surface area contributed by atoms with Gasteiger partial charge in [-0.05, 0) is 55.7 Å². The summed E-state index contributed by atoms with van der Waals surface area (Å²) in [7, 11) is 0. The van der Waals surface area contributed by atoms with E-state index in [1.54, 1.807) is 6.07 Å². The summed E-state index contributed by atoms with van der Waals surface area (Å²) in [5, 5.41) is 5.82. The number of rotatable bonds is 7. The first kappa shape index (κ1) is 21.9. The van der Waals surface area contributed by atoms with Gasteiger partial charge in [-0.2, -0.15) is 13.2 Å². The monoisotopic (exact) mass is 439 g/mol. The van der Waals surface area contributed by atoms with E-state index in [1.165, 1.54) is 4.90 Å². The Balaban J connectivity index is 1.23. The minimum atomic E-state index is -4.19. The Kier molecular flexibility index (Phi) is 6.41. The number of hydrogen-bond donors (Lipinski definition) is 2. The highest BCUT2D eigenvalue weighted by Gasteiger charge is 2.40. The van der Waals surface area contributed by atoms with Crippen molar-refractivity contribution in [2.24, 2.45) is 5.92 Å². The van der Waals surface area contributed by atoms with Crippen molar-refractivity contribution < 1.29 is 27.5 Å². The van der Waals surface area contributed by atoms with Gasteiger partial charge in [-0.1, -0.05) is 12.1 Å². The van der Waals surface area contributed by atoms with Crippen molar-refractivity contribution in [2.45, 2.75) is 56.3 Å². The molecule has 3 fully saturated rings. The van der Waals surface area contributed by atoms with Crippen LogP contribution in [0.15, 0.2) is 24.3 Å². The highest BCUT2D eigenvalue weighted by molar-refractivity contribution is 5.94. The van der Waals surface area contributed by atoms with Crippen LogP contribution in [0.1, 0.15) is 53.9 Å². The number of nitrogens with one attached hydrogen (secondary N) is 2. The lowest BCUT2D eigenvalue weighted by Gasteiger charge is -2.32. The maximum absolute atomic E-state index is 12.6. The quantitative estimate of drug-likeness (QED) is 0.683. The van der Waals surface area contributed by atoms with E-state index in [0.29, 0.717) is 44.0 Å². The zero-order valence-corrected chi connectivity index (χ0v) is 17.3. The summed E-state index contributed by atoms with van der Waals surface area (Å²) in [4.78, 5) is 25.8. The number of carbonyl (C=O) groups is 2. The molecule has 0 bridgehead atoms. The first-order chi connectivity index (χ1) is 14.8. The van der Waals surface area contributed by atoms with Crippen molar-refractivity contribution in [3.63, 3.8) is 0 Å². The Hall–Kier alpha value is -2.29. The topological polar surface area (TPSA) is 70.7 Å². The second-order valence-corrected chi connectivity index (χ2v) is 8.90. The second kappa shape index (κ2) is 9.06. The van der Waals surface area contributed by atoms with Gasteiger partial charge in [0.1, 0.15) is 0 Å². The van der Waals surface area contributed by atoms with Crippen LogP contribution in [0, 0.1) is 5.92 Å². The Labute approximate surface area is 179 Å². The number of carbonyl (C=O) groups excluding carboxylic acids is 2. The molecule has 0 radical (unpaired) electrons. The third kappa shape index (κ3) is 6.59. The van der Waals surface area contributed by atoms with Gasteiger partial charge in [0.05, 0.1) is 13.2 Å². The predicted molar refractivity (Wildman–Crippen MR) is 108 cm³/mol. The van der Waals surface area contributed by atoms with E-state index in [4.69, 9.17) is 4.74 Å². The molecule has 31 heavy (non-hydrogen) atoms. The van der Waals surface area contributed by atoms with Crippen molar-refractivity contribution in [3.05, 3.63) is 35.4 Å². The number of ether oxygens (including phenoxy) is 1. The fraction of sp³-hybridized carbons (Fsp3) is 0.636. The Morgan fingerprint density at radius 2 is 1.84 bits per heavy atom. The summed E-state index contributed by atoms with van der Waals surface area (Å²) in [6, 6.07) is 7.20. The molecule has 1 aliphatic heterocycles. The SMILES string of the molecule is O=C(N[C@@H]1C[C@H]1c1cccc(C(=O)NC2CCN(CC(F)(F)F)CC2)c1)OCC1CC1. The van der Waals surface area contributed by atoms with Crippen LogP contribution in [0.2, 0.25) is 0 Å². The molecule has 0 aromatic heterocycles. The normalized spacial score (nSPS) is 24.5. The van der Waals surface area contributed by atoms with Gasteiger partial charge in [-0.25, -0.2) is 4.79 Å². The molecule has 1 saturated heterocycles. The molecular formula is C22H28F3N3O3. The van der Waals surface area contributed by atoms with Gasteiger partial charge in [-0.3, -0.25) is 9.69 Å². The van der Waals surface area contributed by atoms with Crippen LogP contribution in [0.4, 0.5) is 18.0 Å². The van der Waals surface area contributed by atoms with Gasteiger partial charge in [0.15, 0.2) is 0 Å². The lowest BCUT2D eigenvalue weighted by atomic mass is 10.0. The number of benzene rings is 1. The number of alkyl halides is 3. The number of alkyl carbamates (subject to hydrolysis) is 1. The Morgan fingerprint density at radius 1 is 1.10 bits per heavy atom. The van der Waals surface area contributed by atoms with Crippen LogP contribution in [0.25, 0.3) is 0 Å². The van der Waals surface area contributed by atoms with Crippen molar-refractivity contribution in [3.8, 4) is 0 Å². The van der Waals surface area contributed by atoms with E-state index in [0.717, 1.165) is 24.8 Å². The summed E-state index contributed by atoms with van der Waals surface area (Å²) in [6.07, 6.45) is -0.522. The third-order valence-corrected chi connectivity index (χ3v) is 6.14. The summed E-state index contributed by atoms with van der Waals surface area (Å²) in [5.74, 6) is 0.463. The van der Waals surface area contributed by atoms with Gasteiger partial charge in [0, 0.05) is 36.7 Å².